The molecule has 0 fully saturated rings. The number of benzene rings is 2. The standard InChI is InChI=1S/C17H14FNO2/c1-19(17(21)11-5-3-2-4-6-11)15-10-12-9-13(18)7-8-14(12)16(15)20/h2-9,15H,10H2,1H3. The number of hydrogen-bond donors (Lipinski definition) is 0. The molecule has 4 heteroatoms. The molecule has 0 saturated carbocycles. The number of Topliss-reactive ketones (excluding diaryl/α,β-unsaturated/α-hetero) is 1. The molecule has 2 aromatic rings. The summed E-state index contributed by atoms with van der Waals surface area (Å²) in [5.41, 5.74) is 1.71. The van der Waals surface area contributed by atoms with E-state index in [4.69, 9.17) is 0 Å². The number of amides is 1. The minimum atomic E-state index is -0.561. The zero-order valence-corrected chi connectivity index (χ0v) is 11.5. The predicted molar refractivity (Wildman–Crippen MR) is 76.8 cm³/mol. The van der Waals surface area contributed by atoms with E-state index in [1.165, 1.54) is 23.1 Å². The van der Waals surface area contributed by atoms with Gasteiger partial charge in [-0.05, 0) is 35.9 Å². The Bertz CT molecular complexity index is 712. The highest BCUT2D eigenvalue weighted by atomic mass is 19.1. The van der Waals surface area contributed by atoms with Gasteiger partial charge in [0, 0.05) is 24.6 Å². The molecule has 0 heterocycles. The maximum absolute atomic E-state index is 13.2. The third-order valence-electron chi connectivity index (χ3n) is 3.86. The summed E-state index contributed by atoms with van der Waals surface area (Å²) in [6.45, 7) is 0. The van der Waals surface area contributed by atoms with Crippen LogP contribution in [-0.2, 0) is 6.42 Å². The highest BCUT2D eigenvalue weighted by Gasteiger charge is 2.35. The van der Waals surface area contributed by atoms with Crippen molar-refractivity contribution >= 4 is 11.7 Å². The van der Waals surface area contributed by atoms with Crippen molar-refractivity contribution in [2.45, 2.75) is 12.5 Å². The van der Waals surface area contributed by atoms with Crippen LogP contribution in [0.4, 0.5) is 4.39 Å². The zero-order chi connectivity index (χ0) is 15.0. The molecular formula is C17H14FNO2. The van der Waals surface area contributed by atoms with E-state index in [2.05, 4.69) is 0 Å². The molecule has 3 nitrogen and oxygen atoms in total. The number of carbonyl (C=O) groups is 2. The maximum atomic E-state index is 13.2. The lowest BCUT2D eigenvalue weighted by Gasteiger charge is -2.23. The molecule has 0 aromatic heterocycles. The van der Waals surface area contributed by atoms with Crippen molar-refractivity contribution in [1.29, 1.82) is 0 Å². The Morgan fingerprint density at radius 3 is 2.62 bits per heavy atom. The molecule has 1 atom stereocenters. The van der Waals surface area contributed by atoms with Gasteiger partial charge in [-0.1, -0.05) is 18.2 Å². The maximum Gasteiger partial charge on any atom is 0.254 e. The minimum Gasteiger partial charge on any atom is -0.331 e. The number of halogens is 1. The lowest BCUT2D eigenvalue weighted by atomic mass is 10.1. The molecular weight excluding hydrogens is 269 g/mol. The van der Waals surface area contributed by atoms with Crippen LogP contribution in [-0.4, -0.2) is 29.7 Å². The summed E-state index contributed by atoms with van der Waals surface area (Å²) >= 11 is 0. The first-order chi connectivity index (χ1) is 10.1. The van der Waals surface area contributed by atoms with Crippen LogP contribution >= 0.6 is 0 Å². The van der Waals surface area contributed by atoms with E-state index in [0.717, 1.165) is 0 Å². The van der Waals surface area contributed by atoms with Gasteiger partial charge in [0.25, 0.3) is 5.91 Å². The fraction of sp³-hybridized carbons (Fsp3) is 0.176. The summed E-state index contributed by atoms with van der Waals surface area (Å²) in [6, 6.07) is 12.4. The Hall–Kier alpha value is -2.49. The summed E-state index contributed by atoms with van der Waals surface area (Å²) in [4.78, 5) is 26.2. The summed E-state index contributed by atoms with van der Waals surface area (Å²) in [7, 11) is 1.61. The number of carbonyl (C=O) groups excluding carboxylic acids is 2. The predicted octanol–water partition coefficient (Wildman–Crippen LogP) is 2.71. The number of rotatable bonds is 2. The summed E-state index contributed by atoms with van der Waals surface area (Å²) in [5.74, 6) is -0.696. The van der Waals surface area contributed by atoms with Crippen LogP contribution < -0.4 is 0 Å². The van der Waals surface area contributed by atoms with Crippen LogP contribution in [0.1, 0.15) is 26.3 Å². The van der Waals surface area contributed by atoms with E-state index < -0.39 is 6.04 Å². The van der Waals surface area contributed by atoms with Crippen molar-refractivity contribution in [3.8, 4) is 0 Å². The van der Waals surface area contributed by atoms with Gasteiger partial charge in [-0.3, -0.25) is 9.59 Å². The quantitative estimate of drug-likeness (QED) is 0.850. The molecule has 106 valence electrons. The van der Waals surface area contributed by atoms with Gasteiger partial charge in [0.1, 0.15) is 5.82 Å². The highest BCUT2D eigenvalue weighted by molar-refractivity contribution is 6.07. The fourth-order valence-electron chi connectivity index (χ4n) is 2.69. The number of ketones is 1. The molecule has 1 unspecified atom stereocenters. The number of nitrogens with zero attached hydrogens (tertiary/aromatic N) is 1. The smallest absolute Gasteiger partial charge is 0.254 e. The van der Waals surface area contributed by atoms with Crippen LogP contribution in [0.15, 0.2) is 48.5 Å². The first-order valence-corrected chi connectivity index (χ1v) is 6.73. The Kier molecular flexibility index (Phi) is 3.29. The van der Waals surface area contributed by atoms with E-state index in [0.29, 0.717) is 23.1 Å². The van der Waals surface area contributed by atoms with E-state index in [-0.39, 0.29) is 17.5 Å². The number of hydrogen-bond acceptors (Lipinski definition) is 2. The van der Waals surface area contributed by atoms with Crippen LogP contribution in [0, 0.1) is 5.82 Å². The Labute approximate surface area is 122 Å². The van der Waals surface area contributed by atoms with Gasteiger partial charge in [0.2, 0.25) is 0 Å². The lowest BCUT2D eigenvalue weighted by Crippen LogP contribution is -2.40. The van der Waals surface area contributed by atoms with E-state index >= 15 is 0 Å². The molecule has 0 radical (unpaired) electrons. The minimum absolute atomic E-state index is 0.128. The van der Waals surface area contributed by atoms with E-state index in [1.54, 1.807) is 31.3 Å². The molecule has 1 aliphatic carbocycles. The van der Waals surface area contributed by atoms with Gasteiger partial charge in [0.05, 0.1) is 6.04 Å². The van der Waals surface area contributed by atoms with E-state index in [9.17, 15) is 14.0 Å². The van der Waals surface area contributed by atoms with Gasteiger partial charge in [0.15, 0.2) is 5.78 Å². The fourth-order valence-corrected chi connectivity index (χ4v) is 2.69. The van der Waals surface area contributed by atoms with Crippen LogP contribution in [0.3, 0.4) is 0 Å². The third kappa shape index (κ3) is 2.33. The average Bonchev–Trinajstić information content (AvgIpc) is 2.83. The van der Waals surface area contributed by atoms with Crippen molar-refractivity contribution < 1.29 is 14.0 Å². The number of fused-ring (bicyclic) bond motifs is 1. The summed E-state index contributed by atoms with van der Waals surface area (Å²) in [6.07, 6.45) is 0.362. The largest absolute Gasteiger partial charge is 0.331 e. The summed E-state index contributed by atoms with van der Waals surface area (Å²) in [5, 5.41) is 0. The van der Waals surface area contributed by atoms with Gasteiger partial charge < -0.3 is 4.90 Å². The van der Waals surface area contributed by atoms with Gasteiger partial charge in [-0.2, -0.15) is 0 Å². The Morgan fingerprint density at radius 2 is 1.90 bits per heavy atom. The molecule has 0 bridgehead atoms. The topological polar surface area (TPSA) is 37.4 Å². The molecule has 21 heavy (non-hydrogen) atoms. The van der Waals surface area contributed by atoms with Crippen LogP contribution in [0.2, 0.25) is 0 Å². The van der Waals surface area contributed by atoms with Gasteiger partial charge in [-0.15, -0.1) is 0 Å². The molecule has 1 amide bonds. The van der Waals surface area contributed by atoms with Crippen molar-refractivity contribution in [2.24, 2.45) is 0 Å². The molecule has 1 aliphatic rings. The van der Waals surface area contributed by atoms with Crippen molar-refractivity contribution in [2.75, 3.05) is 7.05 Å². The second kappa shape index (κ2) is 5.13. The lowest BCUT2D eigenvalue weighted by molar-refractivity contribution is 0.0672. The molecule has 0 spiro atoms. The molecule has 0 saturated heterocycles. The zero-order valence-electron chi connectivity index (χ0n) is 11.5. The van der Waals surface area contributed by atoms with Gasteiger partial charge >= 0.3 is 0 Å². The molecule has 2 aromatic carbocycles. The highest BCUT2D eigenvalue weighted by Crippen LogP contribution is 2.26. The van der Waals surface area contributed by atoms with Crippen LogP contribution in [0.5, 0.6) is 0 Å². The van der Waals surface area contributed by atoms with Crippen LogP contribution in [0.25, 0.3) is 0 Å². The first kappa shape index (κ1) is 13.5. The summed E-state index contributed by atoms with van der Waals surface area (Å²) < 4.78 is 13.2. The molecule has 3 rings (SSSR count). The Morgan fingerprint density at radius 1 is 1.19 bits per heavy atom. The van der Waals surface area contributed by atoms with Crippen molar-refractivity contribution in [1.82, 2.24) is 4.90 Å². The average molecular weight is 283 g/mol. The first-order valence-electron chi connectivity index (χ1n) is 6.73. The van der Waals surface area contributed by atoms with Crippen molar-refractivity contribution in [3.63, 3.8) is 0 Å². The molecule has 0 aliphatic heterocycles. The second-order valence-electron chi connectivity index (χ2n) is 5.17. The number of likely N-dealkylation sites (N-methyl/N-ethyl adjacent to an activating group) is 1. The SMILES string of the molecule is CN(C(=O)c1ccccc1)C1Cc2cc(F)ccc2C1=O. The Balaban J connectivity index is 1.86. The monoisotopic (exact) mass is 283 g/mol. The molecule has 0 N–H and O–H groups in total. The normalized spacial score (nSPS) is 16.7. The van der Waals surface area contributed by atoms with E-state index in [1.807, 2.05) is 6.07 Å². The second-order valence-corrected chi connectivity index (χ2v) is 5.17. The third-order valence-corrected chi connectivity index (χ3v) is 3.86. The van der Waals surface area contributed by atoms with Gasteiger partial charge in [-0.25, -0.2) is 4.39 Å². The van der Waals surface area contributed by atoms with Crippen molar-refractivity contribution in [3.05, 3.63) is 71.0 Å².